The standard InChI is InChI=1S/C8H8ClIO/c1-8(10,11)6-4-2-3-5-7(6)9/h2-5,11H,1H3/t8-/m1/s1. The molecule has 0 radical (unpaired) electrons. The fourth-order valence-electron chi connectivity index (χ4n) is 0.831. The van der Waals surface area contributed by atoms with Gasteiger partial charge in [-0.15, -0.1) is 0 Å². The largest absolute Gasteiger partial charge is 0.376 e. The predicted molar refractivity (Wildman–Crippen MR) is 55.0 cm³/mol. The van der Waals surface area contributed by atoms with E-state index in [0.717, 1.165) is 5.56 Å². The minimum Gasteiger partial charge on any atom is -0.376 e. The first-order chi connectivity index (χ1) is 5.02. The van der Waals surface area contributed by atoms with Gasteiger partial charge in [-0.25, -0.2) is 0 Å². The van der Waals surface area contributed by atoms with Crippen molar-refractivity contribution in [3.8, 4) is 0 Å². The maximum atomic E-state index is 9.57. The molecule has 60 valence electrons. The Bertz CT molecular complexity index is 255. The molecule has 0 spiro atoms. The van der Waals surface area contributed by atoms with Gasteiger partial charge in [-0.05, 0) is 35.6 Å². The summed E-state index contributed by atoms with van der Waals surface area (Å²) in [6, 6.07) is 7.28. The molecule has 1 aromatic rings. The van der Waals surface area contributed by atoms with Crippen LogP contribution in [0.3, 0.4) is 0 Å². The van der Waals surface area contributed by atoms with E-state index in [9.17, 15) is 5.11 Å². The molecule has 3 heteroatoms. The molecular formula is C8H8ClIO. The fraction of sp³-hybridized carbons (Fsp3) is 0.250. The summed E-state index contributed by atoms with van der Waals surface area (Å²) in [6.07, 6.45) is 0. The quantitative estimate of drug-likeness (QED) is 0.620. The molecule has 0 aliphatic rings. The normalized spacial score (nSPS) is 16.0. The molecule has 1 atom stereocenters. The Morgan fingerprint density at radius 3 is 2.36 bits per heavy atom. The molecule has 11 heavy (non-hydrogen) atoms. The van der Waals surface area contributed by atoms with Gasteiger partial charge in [0.05, 0.1) is 0 Å². The summed E-state index contributed by atoms with van der Waals surface area (Å²) in [5.41, 5.74) is 0.752. The maximum absolute atomic E-state index is 9.57. The van der Waals surface area contributed by atoms with Gasteiger partial charge in [-0.2, -0.15) is 0 Å². The Kier molecular flexibility index (Phi) is 2.78. The summed E-state index contributed by atoms with van der Waals surface area (Å²) in [4.78, 5) is 0. The zero-order valence-corrected chi connectivity index (χ0v) is 8.93. The third kappa shape index (κ3) is 2.32. The van der Waals surface area contributed by atoms with Gasteiger partial charge in [0.25, 0.3) is 0 Å². The van der Waals surface area contributed by atoms with Crippen LogP contribution in [0.1, 0.15) is 12.5 Å². The zero-order chi connectivity index (χ0) is 8.48. The Morgan fingerprint density at radius 2 is 2.00 bits per heavy atom. The van der Waals surface area contributed by atoms with Crippen LogP contribution in [0.15, 0.2) is 24.3 Å². The van der Waals surface area contributed by atoms with Gasteiger partial charge in [0.1, 0.15) is 3.61 Å². The lowest BCUT2D eigenvalue weighted by Gasteiger charge is -2.16. The first-order valence-corrected chi connectivity index (χ1v) is 4.64. The number of rotatable bonds is 1. The van der Waals surface area contributed by atoms with E-state index in [2.05, 4.69) is 0 Å². The van der Waals surface area contributed by atoms with Crippen molar-refractivity contribution in [2.24, 2.45) is 0 Å². The number of aliphatic hydroxyl groups is 1. The average Bonchev–Trinajstić information content (AvgIpc) is 1.86. The number of benzene rings is 1. The molecule has 0 unspecified atom stereocenters. The minimum absolute atomic E-state index is 0.604. The predicted octanol–water partition coefficient (Wildman–Crippen LogP) is 2.94. The second-order valence-electron chi connectivity index (χ2n) is 2.43. The van der Waals surface area contributed by atoms with Crippen molar-refractivity contribution in [2.45, 2.75) is 10.5 Å². The number of halogens is 2. The number of hydrogen-bond acceptors (Lipinski definition) is 1. The molecule has 1 aromatic carbocycles. The lowest BCUT2D eigenvalue weighted by Crippen LogP contribution is -2.11. The monoisotopic (exact) mass is 282 g/mol. The lowest BCUT2D eigenvalue weighted by molar-refractivity contribution is 0.179. The summed E-state index contributed by atoms with van der Waals surface area (Å²) >= 11 is 7.78. The van der Waals surface area contributed by atoms with E-state index >= 15 is 0 Å². The van der Waals surface area contributed by atoms with Crippen molar-refractivity contribution in [2.75, 3.05) is 0 Å². The Labute approximate surface area is 84.5 Å². The van der Waals surface area contributed by atoms with Crippen LogP contribution in [0.5, 0.6) is 0 Å². The molecule has 0 heterocycles. The van der Waals surface area contributed by atoms with E-state index < -0.39 is 3.61 Å². The van der Waals surface area contributed by atoms with E-state index in [-0.39, 0.29) is 0 Å². The summed E-state index contributed by atoms with van der Waals surface area (Å²) in [6.45, 7) is 1.70. The highest BCUT2D eigenvalue weighted by molar-refractivity contribution is 14.1. The van der Waals surface area contributed by atoms with Crippen LogP contribution >= 0.6 is 34.2 Å². The van der Waals surface area contributed by atoms with Gasteiger partial charge < -0.3 is 5.11 Å². The molecule has 1 nitrogen and oxygen atoms in total. The van der Waals surface area contributed by atoms with Crippen molar-refractivity contribution >= 4 is 34.2 Å². The first-order valence-electron chi connectivity index (χ1n) is 3.18. The molecule has 0 aromatic heterocycles. The molecular weight excluding hydrogens is 274 g/mol. The highest BCUT2D eigenvalue weighted by atomic mass is 127. The van der Waals surface area contributed by atoms with Gasteiger partial charge in [0, 0.05) is 10.6 Å². The van der Waals surface area contributed by atoms with E-state index in [0.29, 0.717) is 5.02 Å². The molecule has 0 bridgehead atoms. The first kappa shape index (κ1) is 9.29. The lowest BCUT2D eigenvalue weighted by atomic mass is 10.1. The number of hydrogen-bond donors (Lipinski definition) is 1. The second-order valence-corrected chi connectivity index (χ2v) is 4.94. The summed E-state index contributed by atoms with van der Waals surface area (Å²) in [7, 11) is 0. The fourth-order valence-corrected chi connectivity index (χ4v) is 1.78. The van der Waals surface area contributed by atoms with Crippen LogP contribution in [0.2, 0.25) is 5.02 Å². The Hall–Kier alpha value is 0.200. The van der Waals surface area contributed by atoms with Crippen molar-refractivity contribution in [1.82, 2.24) is 0 Å². The van der Waals surface area contributed by atoms with Crippen LogP contribution in [-0.4, -0.2) is 5.11 Å². The van der Waals surface area contributed by atoms with Gasteiger partial charge >= 0.3 is 0 Å². The molecule has 0 saturated carbocycles. The Balaban J connectivity index is 3.14. The highest BCUT2D eigenvalue weighted by Crippen LogP contribution is 2.32. The van der Waals surface area contributed by atoms with Crippen LogP contribution in [0, 0.1) is 0 Å². The third-order valence-corrected chi connectivity index (χ3v) is 2.28. The average molecular weight is 283 g/mol. The molecule has 0 aliphatic carbocycles. The summed E-state index contributed by atoms with van der Waals surface area (Å²) in [5.74, 6) is 0. The van der Waals surface area contributed by atoms with Crippen LogP contribution < -0.4 is 0 Å². The zero-order valence-electron chi connectivity index (χ0n) is 6.01. The molecule has 0 saturated heterocycles. The second kappa shape index (κ2) is 3.29. The van der Waals surface area contributed by atoms with Gasteiger partial charge in [-0.3, -0.25) is 0 Å². The smallest absolute Gasteiger partial charge is 0.139 e. The maximum Gasteiger partial charge on any atom is 0.139 e. The minimum atomic E-state index is -0.879. The van der Waals surface area contributed by atoms with Crippen molar-refractivity contribution < 1.29 is 5.11 Å². The van der Waals surface area contributed by atoms with E-state index in [1.807, 2.05) is 40.8 Å². The van der Waals surface area contributed by atoms with E-state index in [1.54, 1.807) is 13.0 Å². The summed E-state index contributed by atoms with van der Waals surface area (Å²) < 4.78 is -0.879. The van der Waals surface area contributed by atoms with E-state index in [1.165, 1.54) is 0 Å². The van der Waals surface area contributed by atoms with Gasteiger partial charge in [-0.1, -0.05) is 29.8 Å². The molecule has 0 aliphatic heterocycles. The molecule has 1 N–H and O–H groups in total. The van der Waals surface area contributed by atoms with Crippen molar-refractivity contribution in [3.05, 3.63) is 34.9 Å². The SMILES string of the molecule is C[C@](O)(I)c1ccccc1Cl. The van der Waals surface area contributed by atoms with Gasteiger partial charge in [0.15, 0.2) is 0 Å². The third-order valence-electron chi connectivity index (χ3n) is 1.37. The molecule has 1 rings (SSSR count). The van der Waals surface area contributed by atoms with Gasteiger partial charge in [0.2, 0.25) is 0 Å². The molecule has 0 fully saturated rings. The topological polar surface area (TPSA) is 20.2 Å². The van der Waals surface area contributed by atoms with Crippen molar-refractivity contribution in [3.63, 3.8) is 0 Å². The van der Waals surface area contributed by atoms with Crippen LogP contribution in [0.4, 0.5) is 0 Å². The van der Waals surface area contributed by atoms with Crippen LogP contribution in [0.25, 0.3) is 0 Å². The highest BCUT2D eigenvalue weighted by Gasteiger charge is 2.20. The Morgan fingerprint density at radius 1 is 1.45 bits per heavy atom. The molecule has 0 amide bonds. The summed E-state index contributed by atoms with van der Waals surface area (Å²) in [5, 5.41) is 10.2. The van der Waals surface area contributed by atoms with Crippen LogP contribution in [-0.2, 0) is 3.61 Å². The van der Waals surface area contributed by atoms with E-state index in [4.69, 9.17) is 11.6 Å². The number of alkyl halides is 1. The van der Waals surface area contributed by atoms with Crippen molar-refractivity contribution in [1.29, 1.82) is 0 Å².